The third-order valence-electron chi connectivity index (χ3n) is 3.69. The van der Waals surface area contributed by atoms with Crippen LogP contribution in [0.5, 0.6) is 0 Å². The van der Waals surface area contributed by atoms with Crippen LogP contribution in [0.4, 0.5) is 0 Å². The third-order valence-corrected chi connectivity index (χ3v) is 6.28. The lowest BCUT2D eigenvalue weighted by molar-refractivity contribution is -0.120. The Balaban J connectivity index is 1.87. The Morgan fingerprint density at radius 3 is 2.77 bits per heavy atom. The first-order valence-corrected chi connectivity index (χ1v) is 9.99. The van der Waals surface area contributed by atoms with Crippen LogP contribution in [0.1, 0.15) is 45.4 Å². The molecule has 124 valence electrons. The largest absolute Gasteiger partial charge is 0.416 e. The number of nitrogens with one attached hydrogen (secondary N) is 1. The highest BCUT2D eigenvalue weighted by atomic mass is 32.2. The Morgan fingerprint density at radius 1 is 1.45 bits per heavy atom. The molecule has 0 aromatic carbocycles. The van der Waals surface area contributed by atoms with Crippen LogP contribution in [0.2, 0.25) is 0 Å². The predicted octanol–water partition coefficient (Wildman–Crippen LogP) is 1.37. The predicted molar refractivity (Wildman–Crippen MR) is 83.5 cm³/mol. The van der Waals surface area contributed by atoms with Crippen molar-refractivity contribution in [1.82, 2.24) is 15.5 Å². The number of thioether (sulfide) groups is 1. The van der Waals surface area contributed by atoms with Crippen molar-refractivity contribution in [3.05, 3.63) is 5.89 Å². The summed E-state index contributed by atoms with van der Waals surface area (Å²) in [4.78, 5) is 11.8. The van der Waals surface area contributed by atoms with Crippen molar-refractivity contribution in [1.29, 1.82) is 0 Å². The highest BCUT2D eigenvalue weighted by Crippen LogP contribution is 2.29. The first-order valence-electron chi connectivity index (χ1n) is 7.18. The molecule has 1 amide bonds. The summed E-state index contributed by atoms with van der Waals surface area (Å²) in [6, 6.07) is 0. The number of carbonyl (C=O) groups is 1. The molecule has 0 spiro atoms. The van der Waals surface area contributed by atoms with Crippen LogP contribution >= 0.6 is 11.8 Å². The Labute approximate surface area is 134 Å². The van der Waals surface area contributed by atoms with Gasteiger partial charge in [-0.15, -0.1) is 10.2 Å². The van der Waals surface area contributed by atoms with Gasteiger partial charge in [-0.2, -0.15) is 0 Å². The monoisotopic (exact) mass is 347 g/mol. The lowest BCUT2D eigenvalue weighted by Crippen LogP contribution is -2.43. The number of carbonyl (C=O) groups excluding carboxylic acids is 1. The highest BCUT2D eigenvalue weighted by Gasteiger charge is 2.32. The number of rotatable bonds is 6. The smallest absolute Gasteiger partial charge is 0.277 e. The number of aromatic nitrogens is 2. The standard InChI is InChI=1S/C13H21N3O4S2/c1-4-13(2,3)14-10(17)7-21-12-16-15-11(20-12)9-5-6-22(18,19)8-9/h9H,4-8H2,1-3H3,(H,14,17)/t9-/m1/s1. The van der Waals surface area contributed by atoms with Gasteiger partial charge in [-0.3, -0.25) is 4.79 Å². The van der Waals surface area contributed by atoms with E-state index in [1.165, 1.54) is 0 Å². The molecule has 1 N–H and O–H groups in total. The Morgan fingerprint density at radius 2 is 2.18 bits per heavy atom. The second kappa shape index (κ2) is 6.57. The van der Waals surface area contributed by atoms with Crippen LogP contribution in [-0.4, -0.2) is 47.3 Å². The van der Waals surface area contributed by atoms with Crippen LogP contribution in [-0.2, 0) is 14.6 Å². The van der Waals surface area contributed by atoms with Gasteiger partial charge < -0.3 is 9.73 Å². The van der Waals surface area contributed by atoms with Gasteiger partial charge in [0, 0.05) is 5.54 Å². The molecule has 1 atom stereocenters. The van der Waals surface area contributed by atoms with E-state index in [1.807, 2.05) is 20.8 Å². The molecule has 1 saturated heterocycles. The summed E-state index contributed by atoms with van der Waals surface area (Å²) in [7, 11) is -2.98. The lowest BCUT2D eigenvalue weighted by Gasteiger charge is -2.24. The van der Waals surface area contributed by atoms with Gasteiger partial charge in [0.25, 0.3) is 5.22 Å². The van der Waals surface area contributed by atoms with Crippen molar-refractivity contribution in [3.8, 4) is 0 Å². The average Bonchev–Trinajstić information content (AvgIpc) is 3.02. The minimum Gasteiger partial charge on any atom is -0.416 e. The van der Waals surface area contributed by atoms with Gasteiger partial charge in [0.05, 0.1) is 23.2 Å². The van der Waals surface area contributed by atoms with Gasteiger partial charge in [-0.1, -0.05) is 18.7 Å². The first-order chi connectivity index (χ1) is 10.2. The third kappa shape index (κ3) is 4.70. The van der Waals surface area contributed by atoms with E-state index in [0.29, 0.717) is 17.5 Å². The summed E-state index contributed by atoms with van der Waals surface area (Å²) >= 11 is 1.16. The molecule has 1 aromatic heterocycles. The maximum Gasteiger partial charge on any atom is 0.277 e. The molecule has 1 aromatic rings. The van der Waals surface area contributed by atoms with E-state index >= 15 is 0 Å². The molecule has 1 aliphatic rings. The van der Waals surface area contributed by atoms with Crippen molar-refractivity contribution in [2.75, 3.05) is 17.3 Å². The molecule has 7 nitrogen and oxygen atoms in total. The second-order valence-electron chi connectivity index (χ2n) is 6.08. The van der Waals surface area contributed by atoms with Gasteiger partial charge in [0.2, 0.25) is 11.8 Å². The minimum absolute atomic E-state index is 0.0600. The van der Waals surface area contributed by atoms with Crippen molar-refractivity contribution in [3.63, 3.8) is 0 Å². The molecule has 0 unspecified atom stereocenters. The zero-order chi connectivity index (χ0) is 16.4. The molecule has 2 heterocycles. The van der Waals surface area contributed by atoms with E-state index in [-0.39, 0.29) is 34.6 Å². The maximum absolute atomic E-state index is 11.8. The number of nitrogens with zero attached hydrogens (tertiary/aromatic N) is 2. The molecule has 1 aliphatic heterocycles. The SMILES string of the molecule is CCC(C)(C)NC(=O)CSc1nnc([C@@H]2CCS(=O)(=O)C2)o1. The summed E-state index contributed by atoms with van der Waals surface area (Å²) in [5, 5.41) is 11.0. The van der Waals surface area contributed by atoms with Crippen molar-refractivity contribution in [2.24, 2.45) is 0 Å². The molecule has 0 aliphatic carbocycles. The fourth-order valence-corrected chi connectivity index (χ4v) is 4.36. The molecule has 0 saturated carbocycles. The number of hydrogen-bond donors (Lipinski definition) is 1. The first kappa shape index (κ1) is 17.3. The number of sulfone groups is 1. The Bertz CT molecular complexity index is 639. The molecular formula is C13H21N3O4S2. The maximum atomic E-state index is 11.8. The van der Waals surface area contributed by atoms with E-state index < -0.39 is 9.84 Å². The summed E-state index contributed by atoms with van der Waals surface area (Å²) in [5.41, 5.74) is -0.240. The quantitative estimate of drug-likeness (QED) is 0.775. The van der Waals surface area contributed by atoms with Crippen molar-refractivity contribution >= 4 is 27.5 Å². The summed E-state index contributed by atoms with van der Waals surface area (Å²) in [6.07, 6.45) is 1.35. The molecule has 9 heteroatoms. The van der Waals surface area contributed by atoms with E-state index in [4.69, 9.17) is 4.42 Å². The molecule has 0 radical (unpaired) electrons. The van der Waals surface area contributed by atoms with Gasteiger partial charge in [0.1, 0.15) is 0 Å². The van der Waals surface area contributed by atoms with E-state index in [0.717, 1.165) is 18.2 Å². The molecular weight excluding hydrogens is 326 g/mol. The molecule has 2 rings (SSSR count). The molecule has 1 fully saturated rings. The van der Waals surface area contributed by atoms with Gasteiger partial charge in [-0.05, 0) is 26.7 Å². The summed E-state index contributed by atoms with van der Waals surface area (Å²) in [5.74, 6) is 0.438. The average molecular weight is 347 g/mol. The Hall–Kier alpha value is -1.09. The zero-order valence-electron chi connectivity index (χ0n) is 13.0. The van der Waals surface area contributed by atoms with E-state index in [2.05, 4.69) is 15.5 Å². The normalized spacial score (nSPS) is 21.0. The number of hydrogen-bond acceptors (Lipinski definition) is 7. The van der Waals surface area contributed by atoms with Crippen LogP contribution in [0.25, 0.3) is 0 Å². The zero-order valence-corrected chi connectivity index (χ0v) is 14.6. The van der Waals surface area contributed by atoms with E-state index in [9.17, 15) is 13.2 Å². The van der Waals surface area contributed by atoms with Gasteiger partial charge in [0.15, 0.2) is 9.84 Å². The Kier molecular flexibility index (Phi) is 5.16. The molecule has 0 bridgehead atoms. The fraction of sp³-hybridized carbons (Fsp3) is 0.769. The summed E-state index contributed by atoms with van der Waals surface area (Å²) in [6.45, 7) is 5.93. The number of amides is 1. The van der Waals surface area contributed by atoms with Crippen LogP contribution in [0.15, 0.2) is 9.64 Å². The summed E-state index contributed by atoms with van der Waals surface area (Å²) < 4.78 is 28.4. The van der Waals surface area contributed by atoms with Crippen LogP contribution in [0, 0.1) is 0 Å². The van der Waals surface area contributed by atoms with Gasteiger partial charge >= 0.3 is 0 Å². The van der Waals surface area contributed by atoms with Crippen LogP contribution < -0.4 is 5.32 Å². The van der Waals surface area contributed by atoms with Crippen molar-refractivity contribution in [2.45, 2.75) is 50.3 Å². The second-order valence-corrected chi connectivity index (χ2v) is 9.24. The van der Waals surface area contributed by atoms with Crippen LogP contribution in [0.3, 0.4) is 0 Å². The lowest BCUT2D eigenvalue weighted by atomic mass is 10.0. The minimum atomic E-state index is -2.98. The fourth-order valence-electron chi connectivity index (χ4n) is 2.06. The highest BCUT2D eigenvalue weighted by molar-refractivity contribution is 7.99. The van der Waals surface area contributed by atoms with Gasteiger partial charge in [-0.25, -0.2) is 8.42 Å². The molecule has 22 heavy (non-hydrogen) atoms. The topological polar surface area (TPSA) is 102 Å². The van der Waals surface area contributed by atoms with Crippen molar-refractivity contribution < 1.29 is 17.6 Å². The van der Waals surface area contributed by atoms with E-state index in [1.54, 1.807) is 0 Å².